The van der Waals surface area contributed by atoms with E-state index in [1.807, 2.05) is 11.5 Å². The molecule has 2 amide bonds. The van der Waals surface area contributed by atoms with Crippen LogP contribution in [0.5, 0.6) is 0 Å². The highest BCUT2D eigenvalue weighted by molar-refractivity contribution is 6.05. The summed E-state index contributed by atoms with van der Waals surface area (Å²) in [7, 11) is 1.30. The maximum absolute atomic E-state index is 12.9. The molecule has 0 bridgehead atoms. The van der Waals surface area contributed by atoms with Crippen molar-refractivity contribution in [3.8, 4) is 0 Å². The van der Waals surface area contributed by atoms with Crippen molar-refractivity contribution < 1.29 is 19.1 Å². The summed E-state index contributed by atoms with van der Waals surface area (Å²) >= 11 is 0. The zero-order valence-electron chi connectivity index (χ0n) is 16.1. The lowest BCUT2D eigenvalue weighted by Crippen LogP contribution is -2.28. The fourth-order valence-corrected chi connectivity index (χ4v) is 3.25. The highest BCUT2D eigenvalue weighted by atomic mass is 16.5. The number of nitrogens with zero attached hydrogens (tertiary/aromatic N) is 2. The van der Waals surface area contributed by atoms with Crippen molar-refractivity contribution in [2.24, 2.45) is 0 Å². The Morgan fingerprint density at radius 1 is 1.21 bits per heavy atom. The summed E-state index contributed by atoms with van der Waals surface area (Å²) in [6.07, 6.45) is 3.40. The summed E-state index contributed by atoms with van der Waals surface area (Å²) in [6, 6.07) is 6.49. The molecule has 0 fully saturated rings. The molecule has 0 saturated heterocycles. The first-order chi connectivity index (χ1) is 13.5. The van der Waals surface area contributed by atoms with Gasteiger partial charge in [0.15, 0.2) is 11.5 Å². The number of imidazole rings is 1. The van der Waals surface area contributed by atoms with Crippen molar-refractivity contribution in [3.63, 3.8) is 0 Å². The van der Waals surface area contributed by atoms with Gasteiger partial charge >= 0.3 is 5.97 Å². The first-order valence-electron chi connectivity index (χ1n) is 9.42. The van der Waals surface area contributed by atoms with E-state index in [9.17, 15) is 14.4 Å². The normalized spacial score (nSPS) is 12.8. The van der Waals surface area contributed by atoms with Gasteiger partial charge in [0.1, 0.15) is 0 Å². The van der Waals surface area contributed by atoms with E-state index < -0.39 is 11.9 Å². The van der Waals surface area contributed by atoms with Gasteiger partial charge in [-0.2, -0.15) is 0 Å². The molecule has 148 valence electrons. The number of hydrogen-bond acceptors (Lipinski definition) is 5. The van der Waals surface area contributed by atoms with E-state index in [1.165, 1.54) is 7.11 Å². The van der Waals surface area contributed by atoms with Crippen molar-refractivity contribution >= 4 is 23.5 Å². The second-order valence-electron chi connectivity index (χ2n) is 6.62. The summed E-state index contributed by atoms with van der Waals surface area (Å²) < 4.78 is 6.55. The minimum Gasteiger partial charge on any atom is -0.465 e. The molecule has 0 unspecified atom stereocenters. The molecule has 0 atom stereocenters. The number of benzene rings is 1. The topological polar surface area (TPSA) is 102 Å². The molecule has 1 aromatic heterocycles. The molecule has 2 N–H and O–H groups in total. The highest BCUT2D eigenvalue weighted by Gasteiger charge is 2.27. The van der Waals surface area contributed by atoms with Gasteiger partial charge in [0, 0.05) is 18.8 Å². The molecule has 0 radical (unpaired) electrons. The average Bonchev–Trinajstić information content (AvgIpc) is 3.11. The monoisotopic (exact) mass is 384 g/mol. The Hall–Kier alpha value is -3.16. The molecule has 8 heteroatoms. The number of carbonyl (C=O) groups is 3. The van der Waals surface area contributed by atoms with Gasteiger partial charge in [-0.05, 0) is 43.9 Å². The largest absolute Gasteiger partial charge is 0.465 e. The average molecular weight is 384 g/mol. The van der Waals surface area contributed by atoms with Crippen LogP contribution in [0.1, 0.15) is 63.3 Å². The van der Waals surface area contributed by atoms with E-state index in [4.69, 9.17) is 4.74 Å². The fourth-order valence-electron chi connectivity index (χ4n) is 3.25. The van der Waals surface area contributed by atoms with Gasteiger partial charge in [-0.15, -0.1) is 0 Å². The van der Waals surface area contributed by atoms with Crippen LogP contribution >= 0.6 is 0 Å². The Balaban J connectivity index is 1.87. The van der Waals surface area contributed by atoms with Crippen molar-refractivity contribution in [2.75, 3.05) is 19.0 Å². The van der Waals surface area contributed by atoms with Crippen LogP contribution in [-0.2, 0) is 17.7 Å². The van der Waals surface area contributed by atoms with E-state index in [-0.39, 0.29) is 17.4 Å². The number of anilines is 1. The minimum absolute atomic E-state index is 0.254. The second kappa shape index (κ2) is 8.69. The van der Waals surface area contributed by atoms with Crippen LogP contribution in [0.4, 0.5) is 5.69 Å². The standard InChI is InChI=1S/C20H24N4O4/c1-3-10-21-19(26)17-23-16(15-9-4-5-11-24(15)17)18(25)22-14-8-6-7-13(12-14)20(27)28-2/h6-8,12H,3-5,9-11H2,1-2H3,(H,21,26)(H,22,25). The molecule has 1 aliphatic heterocycles. The van der Waals surface area contributed by atoms with E-state index in [0.717, 1.165) is 25.0 Å². The number of rotatable bonds is 6. The predicted octanol–water partition coefficient (Wildman–Crippen LogP) is 2.40. The molecule has 0 saturated carbocycles. The van der Waals surface area contributed by atoms with E-state index >= 15 is 0 Å². The van der Waals surface area contributed by atoms with Gasteiger partial charge in [-0.25, -0.2) is 9.78 Å². The number of esters is 1. The van der Waals surface area contributed by atoms with Gasteiger partial charge < -0.3 is 19.9 Å². The van der Waals surface area contributed by atoms with Crippen LogP contribution in [0, 0.1) is 0 Å². The summed E-state index contributed by atoms with van der Waals surface area (Å²) in [6.45, 7) is 3.20. The number of methoxy groups -OCH3 is 1. The molecular formula is C20H24N4O4. The van der Waals surface area contributed by atoms with Gasteiger partial charge in [0.25, 0.3) is 11.8 Å². The van der Waals surface area contributed by atoms with E-state index in [0.29, 0.717) is 30.8 Å². The molecular weight excluding hydrogens is 360 g/mol. The number of nitrogens with one attached hydrogen (secondary N) is 2. The van der Waals surface area contributed by atoms with Gasteiger partial charge in [-0.3, -0.25) is 9.59 Å². The van der Waals surface area contributed by atoms with Crippen molar-refractivity contribution in [1.82, 2.24) is 14.9 Å². The minimum atomic E-state index is -0.481. The lowest BCUT2D eigenvalue weighted by atomic mass is 10.1. The Morgan fingerprint density at radius 3 is 2.79 bits per heavy atom. The Labute approximate surface area is 163 Å². The number of amides is 2. The van der Waals surface area contributed by atoms with Gasteiger partial charge in [0.05, 0.1) is 18.4 Å². The maximum Gasteiger partial charge on any atom is 0.337 e. The van der Waals surface area contributed by atoms with Gasteiger partial charge in [0.2, 0.25) is 0 Å². The SMILES string of the molecule is CCCNC(=O)c1nc(C(=O)Nc2cccc(C(=O)OC)c2)c2n1CCCC2. The molecule has 3 rings (SSSR count). The number of carbonyl (C=O) groups excluding carboxylic acids is 3. The van der Waals surface area contributed by atoms with E-state index in [2.05, 4.69) is 15.6 Å². The Morgan fingerprint density at radius 2 is 2.04 bits per heavy atom. The lowest BCUT2D eigenvalue weighted by molar-refractivity contribution is 0.0600. The van der Waals surface area contributed by atoms with Crippen molar-refractivity contribution in [1.29, 1.82) is 0 Å². The highest BCUT2D eigenvalue weighted by Crippen LogP contribution is 2.22. The fraction of sp³-hybridized carbons (Fsp3) is 0.400. The Kier molecular flexibility index (Phi) is 6.08. The third kappa shape index (κ3) is 4.05. The second-order valence-corrected chi connectivity index (χ2v) is 6.62. The number of aromatic nitrogens is 2. The Bertz CT molecular complexity index is 904. The molecule has 28 heavy (non-hydrogen) atoms. The quantitative estimate of drug-likeness (QED) is 0.745. The van der Waals surface area contributed by atoms with Crippen LogP contribution in [-0.4, -0.2) is 41.0 Å². The number of hydrogen-bond donors (Lipinski definition) is 2. The third-order valence-corrected chi connectivity index (χ3v) is 4.61. The van der Waals surface area contributed by atoms with Crippen molar-refractivity contribution in [3.05, 3.63) is 47.0 Å². The third-order valence-electron chi connectivity index (χ3n) is 4.61. The van der Waals surface area contributed by atoms with Gasteiger partial charge in [-0.1, -0.05) is 13.0 Å². The van der Waals surface area contributed by atoms with Crippen LogP contribution in [0.2, 0.25) is 0 Å². The van der Waals surface area contributed by atoms with Crippen LogP contribution in [0.25, 0.3) is 0 Å². The molecule has 8 nitrogen and oxygen atoms in total. The predicted molar refractivity (Wildman–Crippen MR) is 104 cm³/mol. The summed E-state index contributed by atoms with van der Waals surface area (Å²) in [5, 5.41) is 5.59. The molecule has 2 aromatic rings. The zero-order valence-corrected chi connectivity index (χ0v) is 16.1. The van der Waals surface area contributed by atoms with Crippen molar-refractivity contribution in [2.45, 2.75) is 39.2 Å². The summed E-state index contributed by atoms with van der Waals surface area (Å²) in [5.74, 6) is -0.874. The molecule has 1 aromatic carbocycles. The smallest absolute Gasteiger partial charge is 0.337 e. The molecule has 0 aliphatic carbocycles. The first-order valence-corrected chi connectivity index (χ1v) is 9.42. The van der Waals surface area contributed by atoms with Crippen LogP contribution in [0.15, 0.2) is 24.3 Å². The number of ether oxygens (including phenoxy) is 1. The molecule has 0 spiro atoms. The summed E-state index contributed by atoms with van der Waals surface area (Å²) in [5.41, 5.74) is 1.83. The molecule has 1 aliphatic rings. The van der Waals surface area contributed by atoms with E-state index in [1.54, 1.807) is 24.3 Å². The van der Waals surface area contributed by atoms with Crippen LogP contribution < -0.4 is 10.6 Å². The lowest BCUT2D eigenvalue weighted by Gasteiger charge is -2.17. The van der Waals surface area contributed by atoms with Crippen LogP contribution in [0.3, 0.4) is 0 Å². The number of fused-ring (bicyclic) bond motifs is 1. The molecule has 2 heterocycles. The zero-order chi connectivity index (χ0) is 20.1. The maximum atomic E-state index is 12.9. The first kappa shape index (κ1) is 19.6. The summed E-state index contributed by atoms with van der Waals surface area (Å²) in [4.78, 5) is 41.3.